The zero-order valence-electron chi connectivity index (χ0n) is 10.5. The van der Waals surface area contributed by atoms with E-state index in [0.29, 0.717) is 11.5 Å². The maximum Gasteiger partial charge on any atom is 0.239 e. The number of nitrogens with one attached hydrogen (secondary N) is 2. The van der Waals surface area contributed by atoms with Gasteiger partial charge in [-0.15, -0.1) is 14.8 Å². The van der Waals surface area contributed by atoms with Crippen LogP contribution in [0, 0.1) is 0 Å². The molecular formula is C10H15N7O. The van der Waals surface area contributed by atoms with Gasteiger partial charge < -0.3 is 10.6 Å². The van der Waals surface area contributed by atoms with Crippen LogP contribution in [0.25, 0.3) is 5.65 Å². The average Bonchev–Trinajstić information content (AvgIpc) is 2.71. The molecule has 0 saturated carbocycles. The van der Waals surface area contributed by atoms with E-state index >= 15 is 0 Å². The van der Waals surface area contributed by atoms with E-state index in [4.69, 9.17) is 0 Å². The molecule has 0 fully saturated rings. The largest absolute Gasteiger partial charge is 0.360 e. The molecule has 2 aromatic rings. The number of hydrogen-bond donors (Lipinski definition) is 2. The van der Waals surface area contributed by atoms with Crippen molar-refractivity contribution in [2.45, 2.75) is 26.3 Å². The SMILES string of the molecule is CC(C)(C)NC(=O)CNc1ccc2nnnn2n1. The van der Waals surface area contributed by atoms with E-state index in [2.05, 4.69) is 31.3 Å². The van der Waals surface area contributed by atoms with Gasteiger partial charge in [0.05, 0.1) is 6.54 Å². The Balaban J connectivity index is 1.95. The van der Waals surface area contributed by atoms with Crippen LogP contribution >= 0.6 is 0 Å². The number of nitrogens with zero attached hydrogens (tertiary/aromatic N) is 5. The van der Waals surface area contributed by atoms with Crippen LogP contribution in [0.5, 0.6) is 0 Å². The van der Waals surface area contributed by atoms with Crippen LogP contribution in [-0.2, 0) is 4.79 Å². The fourth-order valence-corrected chi connectivity index (χ4v) is 1.38. The number of anilines is 1. The molecular weight excluding hydrogens is 234 g/mol. The van der Waals surface area contributed by atoms with E-state index in [9.17, 15) is 4.79 Å². The van der Waals surface area contributed by atoms with Crippen LogP contribution in [0.4, 0.5) is 5.82 Å². The van der Waals surface area contributed by atoms with E-state index in [1.54, 1.807) is 12.1 Å². The number of rotatable bonds is 3. The number of hydrogen-bond acceptors (Lipinski definition) is 6. The molecule has 0 aliphatic heterocycles. The molecule has 96 valence electrons. The second-order valence-corrected chi connectivity index (χ2v) is 4.90. The van der Waals surface area contributed by atoms with Gasteiger partial charge in [0.15, 0.2) is 5.65 Å². The van der Waals surface area contributed by atoms with Crippen molar-refractivity contribution in [2.24, 2.45) is 0 Å². The van der Waals surface area contributed by atoms with Gasteiger partial charge in [0.25, 0.3) is 0 Å². The molecule has 0 atom stereocenters. The number of carbonyl (C=O) groups is 1. The Labute approximate surface area is 104 Å². The lowest BCUT2D eigenvalue weighted by Gasteiger charge is -2.20. The van der Waals surface area contributed by atoms with Crippen molar-refractivity contribution in [1.29, 1.82) is 0 Å². The van der Waals surface area contributed by atoms with Crippen molar-refractivity contribution < 1.29 is 4.79 Å². The zero-order chi connectivity index (χ0) is 13.2. The van der Waals surface area contributed by atoms with Gasteiger partial charge in [-0.2, -0.15) is 0 Å². The third-order valence-corrected chi connectivity index (χ3v) is 2.01. The zero-order valence-corrected chi connectivity index (χ0v) is 10.5. The molecule has 1 amide bonds. The van der Waals surface area contributed by atoms with Gasteiger partial charge in [-0.3, -0.25) is 4.79 Å². The predicted octanol–water partition coefficient (Wildman–Crippen LogP) is -0.154. The number of amides is 1. The van der Waals surface area contributed by atoms with Gasteiger partial charge in [-0.25, -0.2) is 0 Å². The van der Waals surface area contributed by atoms with E-state index in [0.717, 1.165) is 0 Å². The number of tetrazole rings is 1. The van der Waals surface area contributed by atoms with Crippen LogP contribution in [-0.4, -0.2) is 43.2 Å². The molecule has 0 aromatic carbocycles. The van der Waals surface area contributed by atoms with Gasteiger partial charge in [0.2, 0.25) is 5.91 Å². The summed E-state index contributed by atoms with van der Waals surface area (Å²) in [6, 6.07) is 3.44. The first-order valence-corrected chi connectivity index (χ1v) is 5.54. The molecule has 0 bridgehead atoms. The maximum atomic E-state index is 11.6. The Morgan fingerprint density at radius 2 is 2.17 bits per heavy atom. The molecule has 8 heteroatoms. The molecule has 2 N–H and O–H groups in total. The van der Waals surface area contributed by atoms with Crippen molar-refractivity contribution >= 4 is 17.4 Å². The van der Waals surface area contributed by atoms with Gasteiger partial charge >= 0.3 is 0 Å². The molecule has 2 aromatic heterocycles. The van der Waals surface area contributed by atoms with Gasteiger partial charge in [-0.1, -0.05) is 0 Å². The molecule has 2 heterocycles. The standard InChI is InChI=1S/C10H15N7O/c1-10(2,3)12-9(18)6-11-7-4-5-8-13-15-16-17(8)14-7/h4-5H,6H2,1-3H3,(H,11,14)(H,12,18). The molecule has 0 unspecified atom stereocenters. The fraction of sp³-hybridized carbons (Fsp3) is 0.500. The van der Waals surface area contributed by atoms with Gasteiger partial charge in [0.1, 0.15) is 5.82 Å². The molecule has 0 aliphatic carbocycles. The van der Waals surface area contributed by atoms with Crippen molar-refractivity contribution in [3.05, 3.63) is 12.1 Å². The highest BCUT2D eigenvalue weighted by Crippen LogP contribution is 2.03. The monoisotopic (exact) mass is 249 g/mol. The Hall–Kier alpha value is -2.25. The van der Waals surface area contributed by atoms with E-state index in [1.165, 1.54) is 4.63 Å². The van der Waals surface area contributed by atoms with Gasteiger partial charge in [0, 0.05) is 5.54 Å². The number of aromatic nitrogens is 5. The molecule has 0 radical (unpaired) electrons. The van der Waals surface area contributed by atoms with E-state index in [-0.39, 0.29) is 18.0 Å². The smallest absolute Gasteiger partial charge is 0.239 e. The summed E-state index contributed by atoms with van der Waals surface area (Å²) in [5, 5.41) is 20.7. The Kier molecular flexibility index (Phi) is 3.09. The quantitative estimate of drug-likeness (QED) is 0.785. The van der Waals surface area contributed by atoms with Gasteiger partial charge in [-0.05, 0) is 43.3 Å². The average molecular weight is 249 g/mol. The van der Waals surface area contributed by atoms with Crippen LogP contribution in [0.15, 0.2) is 12.1 Å². The molecule has 18 heavy (non-hydrogen) atoms. The minimum Gasteiger partial charge on any atom is -0.360 e. The summed E-state index contributed by atoms with van der Waals surface area (Å²) >= 11 is 0. The van der Waals surface area contributed by atoms with Crippen molar-refractivity contribution in [3.63, 3.8) is 0 Å². The summed E-state index contributed by atoms with van der Waals surface area (Å²) in [4.78, 5) is 11.6. The lowest BCUT2D eigenvalue weighted by molar-refractivity contribution is -0.120. The summed E-state index contributed by atoms with van der Waals surface area (Å²) < 4.78 is 1.30. The Bertz CT molecular complexity index is 557. The predicted molar refractivity (Wildman–Crippen MR) is 65.0 cm³/mol. The van der Waals surface area contributed by atoms with Crippen molar-refractivity contribution in [2.75, 3.05) is 11.9 Å². The molecule has 0 saturated heterocycles. The fourth-order valence-electron chi connectivity index (χ4n) is 1.38. The second-order valence-electron chi connectivity index (χ2n) is 4.90. The minimum atomic E-state index is -0.244. The van der Waals surface area contributed by atoms with Crippen LogP contribution < -0.4 is 10.6 Å². The highest BCUT2D eigenvalue weighted by molar-refractivity contribution is 5.81. The first kappa shape index (κ1) is 12.2. The maximum absolute atomic E-state index is 11.6. The summed E-state index contributed by atoms with van der Waals surface area (Å²) in [6.45, 7) is 5.93. The van der Waals surface area contributed by atoms with Crippen LogP contribution in [0.2, 0.25) is 0 Å². The van der Waals surface area contributed by atoms with Crippen LogP contribution in [0.1, 0.15) is 20.8 Å². The Morgan fingerprint density at radius 3 is 2.89 bits per heavy atom. The Morgan fingerprint density at radius 1 is 1.39 bits per heavy atom. The third kappa shape index (κ3) is 3.12. The number of fused-ring (bicyclic) bond motifs is 1. The first-order chi connectivity index (χ1) is 8.44. The highest BCUT2D eigenvalue weighted by atomic mass is 16.2. The van der Waals surface area contributed by atoms with E-state index in [1.807, 2.05) is 20.8 Å². The third-order valence-electron chi connectivity index (χ3n) is 2.01. The lowest BCUT2D eigenvalue weighted by Crippen LogP contribution is -2.43. The summed E-state index contributed by atoms with van der Waals surface area (Å²) in [5.74, 6) is 0.444. The van der Waals surface area contributed by atoms with Crippen molar-refractivity contribution in [3.8, 4) is 0 Å². The summed E-state index contributed by atoms with van der Waals surface area (Å²) in [5.41, 5.74) is 0.311. The molecule has 2 rings (SSSR count). The minimum absolute atomic E-state index is 0.0962. The molecule has 0 spiro atoms. The summed E-state index contributed by atoms with van der Waals surface area (Å²) in [7, 11) is 0. The van der Waals surface area contributed by atoms with Crippen molar-refractivity contribution in [1.82, 2.24) is 30.6 Å². The molecule has 0 aliphatic rings. The lowest BCUT2D eigenvalue weighted by atomic mass is 10.1. The van der Waals surface area contributed by atoms with Crippen LogP contribution in [0.3, 0.4) is 0 Å². The molecule has 8 nitrogen and oxygen atoms in total. The van der Waals surface area contributed by atoms with E-state index < -0.39 is 0 Å². The normalized spacial score (nSPS) is 11.5. The summed E-state index contributed by atoms with van der Waals surface area (Å²) in [6.07, 6.45) is 0. The highest BCUT2D eigenvalue weighted by Gasteiger charge is 2.13. The number of carbonyl (C=O) groups excluding carboxylic acids is 1. The first-order valence-electron chi connectivity index (χ1n) is 5.54. The second kappa shape index (κ2) is 4.55. The topological polar surface area (TPSA) is 97.1 Å².